The van der Waals surface area contributed by atoms with E-state index in [2.05, 4.69) is 27.9 Å². The number of nitrogens with zero attached hydrogens (tertiary/aromatic N) is 3. The first-order valence-electron chi connectivity index (χ1n) is 9.31. The minimum absolute atomic E-state index is 0.239. The first-order chi connectivity index (χ1) is 12.8. The average molecular weight is 368 g/mol. The fraction of sp³-hybridized carbons (Fsp3) is 0.400. The van der Waals surface area contributed by atoms with Gasteiger partial charge in [0, 0.05) is 28.6 Å². The molecule has 2 aliphatic rings. The first kappa shape index (κ1) is 16.1. The molecule has 1 fully saturated rings. The molecular weight excluding hydrogens is 346 g/mol. The van der Waals surface area contributed by atoms with Crippen molar-refractivity contribution < 1.29 is 0 Å². The Morgan fingerprint density at radius 2 is 1.92 bits per heavy atom. The number of nitrogens with one attached hydrogen (secondary N) is 2. The Hall–Kier alpha value is -2.11. The van der Waals surface area contributed by atoms with Crippen LogP contribution in [0, 0.1) is 0 Å². The zero-order chi connectivity index (χ0) is 17.6. The lowest BCUT2D eigenvalue weighted by Crippen LogP contribution is -2.39. The summed E-state index contributed by atoms with van der Waals surface area (Å²) in [6, 6.07) is 9.99. The number of anilines is 1. The highest BCUT2D eigenvalue weighted by atomic mass is 35.5. The minimum atomic E-state index is 0.239. The lowest BCUT2D eigenvalue weighted by molar-refractivity contribution is 0.301. The summed E-state index contributed by atoms with van der Waals surface area (Å²) >= 11 is 6.00. The Labute approximate surface area is 157 Å². The van der Waals surface area contributed by atoms with Crippen molar-refractivity contribution in [2.75, 3.05) is 18.4 Å². The van der Waals surface area contributed by atoms with Gasteiger partial charge in [0.05, 0.1) is 11.9 Å². The third-order valence-electron chi connectivity index (χ3n) is 5.92. The number of aromatic nitrogens is 3. The van der Waals surface area contributed by atoms with E-state index in [-0.39, 0.29) is 5.41 Å². The molecule has 0 atom stereocenters. The lowest BCUT2D eigenvalue weighted by atomic mass is 9.77. The highest BCUT2D eigenvalue weighted by molar-refractivity contribution is 6.30. The van der Waals surface area contributed by atoms with E-state index in [0.29, 0.717) is 0 Å². The molecule has 26 heavy (non-hydrogen) atoms. The lowest BCUT2D eigenvalue weighted by Gasteiger charge is -2.34. The van der Waals surface area contributed by atoms with Crippen molar-refractivity contribution in [2.24, 2.45) is 0 Å². The Morgan fingerprint density at radius 3 is 2.73 bits per heavy atom. The van der Waals surface area contributed by atoms with Crippen LogP contribution in [-0.2, 0) is 18.4 Å². The number of piperidine rings is 1. The normalized spacial score (nSPS) is 18.3. The van der Waals surface area contributed by atoms with E-state index in [9.17, 15) is 0 Å². The van der Waals surface area contributed by atoms with Crippen molar-refractivity contribution in [2.45, 2.75) is 37.6 Å². The van der Waals surface area contributed by atoms with Crippen LogP contribution in [0.4, 0.5) is 5.82 Å². The van der Waals surface area contributed by atoms with Crippen LogP contribution in [-0.4, -0.2) is 27.7 Å². The van der Waals surface area contributed by atoms with Crippen LogP contribution in [0.1, 0.15) is 36.1 Å². The van der Waals surface area contributed by atoms with Gasteiger partial charge in [0.15, 0.2) is 5.65 Å². The highest BCUT2D eigenvalue weighted by Gasteiger charge is 2.42. The number of halogens is 1. The summed E-state index contributed by atoms with van der Waals surface area (Å²) in [4.78, 5) is 5.04. The molecule has 0 bridgehead atoms. The van der Waals surface area contributed by atoms with Gasteiger partial charge in [0.2, 0.25) is 0 Å². The van der Waals surface area contributed by atoms with E-state index in [4.69, 9.17) is 16.6 Å². The van der Waals surface area contributed by atoms with Crippen molar-refractivity contribution in [3.63, 3.8) is 0 Å². The van der Waals surface area contributed by atoms with Crippen molar-refractivity contribution in [3.8, 4) is 0 Å². The van der Waals surface area contributed by atoms with Gasteiger partial charge >= 0.3 is 0 Å². The molecule has 6 heteroatoms. The topological polar surface area (TPSA) is 54.2 Å². The van der Waals surface area contributed by atoms with Gasteiger partial charge in [-0.15, -0.1) is 0 Å². The molecular formula is C20H22ClN5. The zero-order valence-electron chi connectivity index (χ0n) is 14.6. The van der Waals surface area contributed by atoms with E-state index in [1.807, 2.05) is 28.9 Å². The van der Waals surface area contributed by atoms with E-state index in [1.165, 1.54) is 36.1 Å². The molecule has 1 aliphatic carbocycles. The van der Waals surface area contributed by atoms with E-state index in [0.717, 1.165) is 42.5 Å². The molecule has 1 saturated heterocycles. The van der Waals surface area contributed by atoms with Gasteiger partial charge in [-0.2, -0.15) is 9.61 Å². The number of hydrogen-bond acceptors (Lipinski definition) is 4. The van der Waals surface area contributed by atoms with Crippen LogP contribution >= 0.6 is 11.6 Å². The molecule has 1 aliphatic heterocycles. The molecule has 0 unspecified atom stereocenters. The van der Waals surface area contributed by atoms with E-state index >= 15 is 0 Å². The van der Waals surface area contributed by atoms with Gasteiger partial charge in [-0.3, -0.25) is 0 Å². The fourth-order valence-electron chi connectivity index (χ4n) is 4.50. The Kier molecular flexibility index (Phi) is 3.87. The van der Waals surface area contributed by atoms with Gasteiger partial charge in [-0.1, -0.05) is 23.7 Å². The second-order valence-corrected chi connectivity index (χ2v) is 7.84. The quantitative estimate of drug-likeness (QED) is 0.743. The van der Waals surface area contributed by atoms with Gasteiger partial charge in [0.1, 0.15) is 5.82 Å². The summed E-state index contributed by atoms with van der Waals surface area (Å²) < 4.78 is 1.95. The summed E-state index contributed by atoms with van der Waals surface area (Å²) in [5.74, 6) is 1.10. The third kappa shape index (κ3) is 2.58. The predicted molar refractivity (Wildman–Crippen MR) is 104 cm³/mol. The summed E-state index contributed by atoms with van der Waals surface area (Å²) in [6.45, 7) is 2.91. The molecule has 0 saturated carbocycles. The average Bonchev–Trinajstić information content (AvgIpc) is 3.27. The summed E-state index contributed by atoms with van der Waals surface area (Å²) in [7, 11) is 0. The van der Waals surface area contributed by atoms with Crippen LogP contribution in [0.15, 0.2) is 36.5 Å². The van der Waals surface area contributed by atoms with Crippen LogP contribution in [0.2, 0.25) is 5.02 Å². The second-order valence-electron chi connectivity index (χ2n) is 7.40. The van der Waals surface area contributed by atoms with Crippen LogP contribution < -0.4 is 10.6 Å². The summed E-state index contributed by atoms with van der Waals surface area (Å²) in [6.07, 6.45) is 6.45. The maximum Gasteiger partial charge on any atom is 0.157 e. The zero-order valence-corrected chi connectivity index (χ0v) is 15.4. The second kappa shape index (κ2) is 6.25. The van der Waals surface area contributed by atoms with Crippen molar-refractivity contribution >= 4 is 23.1 Å². The fourth-order valence-corrected chi connectivity index (χ4v) is 4.62. The molecule has 2 N–H and O–H groups in total. The molecule has 1 aromatic carbocycles. The molecule has 5 nitrogen and oxygen atoms in total. The Morgan fingerprint density at radius 1 is 1.12 bits per heavy atom. The minimum Gasteiger partial charge on any atom is -0.366 e. The molecule has 3 aromatic rings. The first-order valence-corrected chi connectivity index (χ1v) is 9.69. The molecule has 3 heterocycles. The molecule has 1 spiro atoms. The van der Waals surface area contributed by atoms with Crippen LogP contribution in [0.5, 0.6) is 0 Å². The SMILES string of the molecule is Clc1ccc(CNc2c3c(nc4ccnn24)C2(CCNCC2)CC3)cc1. The number of rotatable bonds is 3. The summed E-state index contributed by atoms with van der Waals surface area (Å²) in [5, 5.41) is 12.4. The number of benzene rings is 1. The largest absolute Gasteiger partial charge is 0.366 e. The van der Waals surface area contributed by atoms with Crippen molar-refractivity contribution in [1.82, 2.24) is 19.9 Å². The van der Waals surface area contributed by atoms with Gasteiger partial charge in [-0.25, -0.2) is 4.98 Å². The van der Waals surface area contributed by atoms with Gasteiger partial charge in [0.25, 0.3) is 0 Å². The van der Waals surface area contributed by atoms with Crippen molar-refractivity contribution in [3.05, 3.63) is 58.4 Å². The monoisotopic (exact) mass is 367 g/mol. The van der Waals surface area contributed by atoms with Gasteiger partial charge < -0.3 is 10.6 Å². The maximum atomic E-state index is 6.00. The molecule has 0 amide bonds. The molecule has 0 radical (unpaired) electrons. The van der Waals surface area contributed by atoms with E-state index in [1.54, 1.807) is 0 Å². The van der Waals surface area contributed by atoms with Crippen LogP contribution in [0.25, 0.3) is 5.65 Å². The number of hydrogen-bond donors (Lipinski definition) is 2. The summed E-state index contributed by atoms with van der Waals surface area (Å²) in [5.41, 5.74) is 5.02. The van der Waals surface area contributed by atoms with Gasteiger partial charge in [-0.05, 0) is 56.5 Å². The predicted octanol–water partition coefficient (Wildman–Crippen LogP) is 3.56. The molecule has 2 aromatic heterocycles. The van der Waals surface area contributed by atoms with Crippen LogP contribution in [0.3, 0.4) is 0 Å². The Bertz CT molecular complexity index is 941. The standard InChI is InChI=1S/C20H22ClN5/c21-15-3-1-14(2-4-15)13-23-19-16-5-7-20(8-11-22-12-9-20)18(16)25-17-6-10-24-26(17)19/h1-4,6,10,22-23H,5,7-9,11-13H2. The van der Waals surface area contributed by atoms with E-state index < -0.39 is 0 Å². The molecule has 134 valence electrons. The smallest absolute Gasteiger partial charge is 0.157 e. The highest BCUT2D eigenvalue weighted by Crippen LogP contribution is 2.46. The Balaban J connectivity index is 1.54. The molecule has 5 rings (SSSR count). The maximum absolute atomic E-state index is 6.00. The number of fused-ring (bicyclic) bond motifs is 3. The third-order valence-corrected chi connectivity index (χ3v) is 6.17. The van der Waals surface area contributed by atoms with Crippen molar-refractivity contribution in [1.29, 1.82) is 0 Å².